The van der Waals surface area contributed by atoms with Crippen LogP contribution in [0, 0.1) is 0 Å². The second-order valence-corrected chi connectivity index (χ2v) is 4.76. The number of rotatable bonds is 5. The zero-order chi connectivity index (χ0) is 13.8. The van der Waals surface area contributed by atoms with Gasteiger partial charge >= 0.3 is 11.9 Å². The van der Waals surface area contributed by atoms with Gasteiger partial charge in [-0.1, -0.05) is 0 Å². The Balaban J connectivity index is 2.33. The molecule has 0 fully saturated rings. The van der Waals surface area contributed by atoms with Crippen LogP contribution in [0.5, 0.6) is 0 Å². The SMILES string of the molecule is CC(C)(C)OC(=O)CCCc1nc(C(=O)O)no1. The molecule has 100 valence electrons. The maximum Gasteiger partial charge on any atom is 0.377 e. The van der Waals surface area contributed by atoms with E-state index < -0.39 is 11.6 Å². The smallest absolute Gasteiger partial charge is 0.377 e. The number of carbonyl (C=O) groups is 2. The second-order valence-electron chi connectivity index (χ2n) is 4.76. The molecule has 0 unspecified atom stereocenters. The van der Waals surface area contributed by atoms with Gasteiger partial charge in [-0.3, -0.25) is 4.79 Å². The Morgan fingerprint density at radius 3 is 2.56 bits per heavy atom. The summed E-state index contributed by atoms with van der Waals surface area (Å²) in [6, 6.07) is 0. The van der Waals surface area contributed by atoms with E-state index in [0.29, 0.717) is 12.8 Å². The molecule has 0 aliphatic heterocycles. The lowest BCUT2D eigenvalue weighted by molar-refractivity contribution is -0.154. The molecule has 1 aromatic rings. The van der Waals surface area contributed by atoms with Crippen LogP contribution in [0.2, 0.25) is 0 Å². The van der Waals surface area contributed by atoms with E-state index in [4.69, 9.17) is 14.4 Å². The highest BCUT2D eigenvalue weighted by Crippen LogP contribution is 2.10. The Morgan fingerprint density at radius 1 is 1.39 bits per heavy atom. The van der Waals surface area contributed by atoms with Gasteiger partial charge in [0.05, 0.1) is 0 Å². The number of aromatic nitrogens is 2. The molecule has 0 aromatic carbocycles. The number of carboxylic acid groups (broad SMARTS) is 1. The summed E-state index contributed by atoms with van der Waals surface area (Å²) in [6.07, 6.45) is 1.04. The predicted molar refractivity (Wildman–Crippen MR) is 60.0 cm³/mol. The minimum Gasteiger partial charge on any atom is -0.475 e. The van der Waals surface area contributed by atoms with Crippen molar-refractivity contribution in [2.45, 2.75) is 45.6 Å². The lowest BCUT2D eigenvalue weighted by atomic mass is 10.2. The quantitative estimate of drug-likeness (QED) is 0.795. The van der Waals surface area contributed by atoms with E-state index in [9.17, 15) is 9.59 Å². The van der Waals surface area contributed by atoms with Gasteiger partial charge in [-0.2, -0.15) is 4.98 Å². The van der Waals surface area contributed by atoms with Crippen LogP contribution in [-0.4, -0.2) is 32.8 Å². The zero-order valence-electron chi connectivity index (χ0n) is 10.6. The Hall–Kier alpha value is -1.92. The number of hydrogen-bond donors (Lipinski definition) is 1. The molecule has 0 saturated carbocycles. The molecule has 1 rings (SSSR count). The summed E-state index contributed by atoms with van der Waals surface area (Å²) < 4.78 is 9.83. The van der Waals surface area contributed by atoms with E-state index in [-0.39, 0.29) is 24.1 Å². The van der Waals surface area contributed by atoms with Crippen LogP contribution in [0.1, 0.15) is 50.1 Å². The lowest BCUT2D eigenvalue weighted by Gasteiger charge is -2.19. The molecule has 7 heteroatoms. The van der Waals surface area contributed by atoms with Gasteiger partial charge in [-0.15, -0.1) is 0 Å². The van der Waals surface area contributed by atoms with Crippen molar-refractivity contribution in [2.24, 2.45) is 0 Å². The minimum absolute atomic E-state index is 0.205. The number of hydrogen-bond acceptors (Lipinski definition) is 6. The molecule has 0 aliphatic carbocycles. The Bertz CT molecular complexity index is 433. The van der Waals surface area contributed by atoms with E-state index in [1.165, 1.54) is 0 Å². The summed E-state index contributed by atoms with van der Waals surface area (Å²) in [4.78, 5) is 25.5. The number of carboxylic acids is 1. The van der Waals surface area contributed by atoms with E-state index in [2.05, 4.69) is 10.1 Å². The van der Waals surface area contributed by atoms with E-state index >= 15 is 0 Å². The summed E-state index contributed by atoms with van der Waals surface area (Å²) in [5.41, 5.74) is -0.502. The molecule has 0 radical (unpaired) electrons. The molecular formula is C11H16N2O5. The van der Waals surface area contributed by atoms with Gasteiger partial charge in [-0.25, -0.2) is 4.79 Å². The van der Waals surface area contributed by atoms with Crippen molar-refractivity contribution in [3.63, 3.8) is 0 Å². The van der Waals surface area contributed by atoms with Gasteiger partial charge in [0.2, 0.25) is 5.89 Å². The molecule has 0 spiro atoms. The predicted octanol–water partition coefficient (Wildman–Crippen LogP) is 1.43. The normalized spacial score (nSPS) is 11.3. The first-order valence-electron chi connectivity index (χ1n) is 5.55. The van der Waals surface area contributed by atoms with Crippen molar-refractivity contribution in [3.05, 3.63) is 11.7 Å². The summed E-state index contributed by atoms with van der Waals surface area (Å²) in [5, 5.41) is 11.9. The molecule has 1 aromatic heterocycles. The highest BCUT2D eigenvalue weighted by Gasteiger charge is 2.17. The molecule has 1 heterocycles. The van der Waals surface area contributed by atoms with Crippen LogP contribution in [-0.2, 0) is 16.0 Å². The van der Waals surface area contributed by atoms with Crippen molar-refractivity contribution in [3.8, 4) is 0 Å². The number of aromatic carboxylic acids is 1. The average molecular weight is 256 g/mol. The van der Waals surface area contributed by atoms with Gasteiger partial charge in [0.15, 0.2) is 0 Å². The third kappa shape index (κ3) is 4.94. The molecule has 0 bridgehead atoms. The number of carbonyl (C=O) groups excluding carboxylic acids is 1. The number of ether oxygens (including phenoxy) is 1. The first kappa shape index (κ1) is 14.1. The molecule has 7 nitrogen and oxygen atoms in total. The summed E-state index contributed by atoms with van der Waals surface area (Å²) >= 11 is 0. The van der Waals surface area contributed by atoms with Crippen LogP contribution < -0.4 is 0 Å². The van der Waals surface area contributed by atoms with Crippen molar-refractivity contribution >= 4 is 11.9 Å². The van der Waals surface area contributed by atoms with E-state index in [1.807, 2.05) is 0 Å². The Kier molecular flexibility index (Phi) is 4.41. The van der Waals surface area contributed by atoms with Crippen LogP contribution in [0.25, 0.3) is 0 Å². The zero-order valence-corrected chi connectivity index (χ0v) is 10.6. The fourth-order valence-electron chi connectivity index (χ4n) is 1.22. The van der Waals surface area contributed by atoms with Gasteiger partial charge in [0, 0.05) is 12.8 Å². The maximum atomic E-state index is 11.4. The fraction of sp³-hybridized carbons (Fsp3) is 0.636. The van der Waals surface area contributed by atoms with E-state index in [0.717, 1.165) is 0 Å². The van der Waals surface area contributed by atoms with Crippen LogP contribution in [0.3, 0.4) is 0 Å². The first-order chi connectivity index (χ1) is 8.28. The fourth-order valence-corrected chi connectivity index (χ4v) is 1.22. The van der Waals surface area contributed by atoms with Gasteiger partial charge in [0.25, 0.3) is 5.82 Å². The monoisotopic (exact) mass is 256 g/mol. The van der Waals surface area contributed by atoms with Crippen molar-refractivity contribution in [1.29, 1.82) is 0 Å². The van der Waals surface area contributed by atoms with Gasteiger partial charge in [-0.05, 0) is 32.3 Å². The average Bonchev–Trinajstić information content (AvgIpc) is 2.63. The Labute approximate surface area is 104 Å². The summed E-state index contributed by atoms with van der Waals surface area (Å²) in [6.45, 7) is 5.38. The third-order valence-electron chi connectivity index (χ3n) is 1.85. The lowest BCUT2D eigenvalue weighted by Crippen LogP contribution is -2.23. The van der Waals surface area contributed by atoms with Crippen LogP contribution in [0.15, 0.2) is 4.52 Å². The molecule has 18 heavy (non-hydrogen) atoms. The van der Waals surface area contributed by atoms with Crippen LogP contribution in [0.4, 0.5) is 0 Å². The number of aryl methyl sites for hydroxylation is 1. The van der Waals surface area contributed by atoms with Gasteiger partial charge in [0.1, 0.15) is 5.60 Å². The second kappa shape index (κ2) is 5.61. The third-order valence-corrected chi connectivity index (χ3v) is 1.85. The van der Waals surface area contributed by atoms with Crippen LogP contribution >= 0.6 is 0 Å². The first-order valence-corrected chi connectivity index (χ1v) is 5.55. The molecule has 0 aliphatic rings. The molecule has 0 amide bonds. The highest BCUT2D eigenvalue weighted by molar-refractivity contribution is 5.82. The molecule has 0 saturated heterocycles. The number of esters is 1. The largest absolute Gasteiger partial charge is 0.475 e. The molecule has 1 N–H and O–H groups in total. The molecular weight excluding hydrogens is 240 g/mol. The minimum atomic E-state index is -1.24. The topological polar surface area (TPSA) is 103 Å². The van der Waals surface area contributed by atoms with Crippen molar-refractivity contribution < 1.29 is 24.0 Å². The standard InChI is InChI=1S/C11H16N2O5/c1-11(2,3)17-8(14)6-4-5-7-12-9(10(15)16)13-18-7/h4-6H2,1-3H3,(H,15,16). The van der Waals surface area contributed by atoms with Crippen molar-refractivity contribution in [2.75, 3.05) is 0 Å². The van der Waals surface area contributed by atoms with E-state index in [1.54, 1.807) is 20.8 Å². The Morgan fingerprint density at radius 2 is 2.06 bits per heavy atom. The van der Waals surface area contributed by atoms with Gasteiger partial charge < -0.3 is 14.4 Å². The summed E-state index contributed by atoms with van der Waals surface area (Å²) in [5.74, 6) is -1.71. The highest BCUT2D eigenvalue weighted by atomic mass is 16.6. The molecule has 0 atom stereocenters. The maximum absolute atomic E-state index is 11.4. The number of nitrogens with zero attached hydrogens (tertiary/aromatic N) is 2. The van der Waals surface area contributed by atoms with Crippen molar-refractivity contribution in [1.82, 2.24) is 10.1 Å². The summed E-state index contributed by atoms with van der Waals surface area (Å²) in [7, 11) is 0.